The number of para-hydroxylation sites is 2. The quantitative estimate of drug-likeness (QED) is 0.579. The van der Waals surface area contributed by atoms with Gasteiger partial charge in [0.1, 0.15) is 5.83 Å². The zero-order chi connectivity index (χ0) is 22.8. The topological polar surface area (TPSA) is 64.4 Å². The second-order valence-electron chi connectivity index (χ2n) is 8.15. The minimum absolute atomic E-state index is 0.233. The second-order valence-corrected chi connectivity index (χ2v) is 8.15. The van der Waals surface area contributed by atoms with E-state index in [1.54, 1.807) is 18.3 Å². The molecule has 33 heavy (non-hydrogen) atoms. The van der Waals surface area contributed by atoms with Crippen molar-refractivity contribution in [1.29, 1.82) is 5.41 Å². The summed E-state index contributed by atoms with van der Waals surface area (Å²) in [6, 6.07) is 11.9. The third-order valence-corrected chi connectivity index (χ3v) is 5.81. The average Bonchev–Trinajstić information content (AvgIpc) is 3.12. The van der Waals surface area contributed by atoms with Gasteiger partial charge in [-0.05, 0) is 79.1 Å². The highest BCUT2D eigenvalue weighted by Crippen LogP contribution is 2.37. The smallest absolute Gasteiger partial charge is 0.119 e. The van der Waals surface area contributed by atoms with Gasteiger partial charge in [0, 0.05) is 17.9 Å². The third kappa shape index (κ3) is 4.46. The molecule has 6 heteroatoms. The van der Waals surface area contributed by atoms with Gasteiger partial charge in [-0.15, -0.1) is 0 Å². The minimum Gasteiger partial charge on any atom is -0.380 e. The Morgan fingerprint density at radius 3 is 2.82 bits per heavy atom. The highest BCUT2D eigenvalue weighted by molar-refractivity contribution is 6.24. The van der Waals surface area contributed by atoms with Gasteiger partial charge in [-0.25, -0.2) is 9.38 Å². The van der Waals surface area contributed by atoms with Crippen LogP contribution in [-0.2, 0) is 0 Å². The number of hydrogen-bond donors (Lipinski definition) is 2. The highest BCUT2D eigenvalue weighted by atomic mass is 19.1. The van der Waals surface area contributed by atoms with Gasteiger partial charge >= 0.3 is 0 Å². The summed E-state index contributed by atoms with van der Waals surface area (Å²) < 4.78 is 13.8. The van der Waals surface area contributed by atoms with E-state index in [-0.39, 0.29) is 5.83 Å². The van der Waals surface area contributed by atoms with Gasteiger partial charge in [-0.3, -0.25) is 4.98 Å². The first kappa shape index (κ1) is 20.8. The third-order valence-electron chi connectivity index (χ3n) is 5.81. The molecule has 0 saturated heterocycles. The van der Waals surface area contributed by atoms with Crippen molar-refractivity contribution in [2.24, 2.45) is 4.99 Å². The number of nitrogens with one attached hydrogen (secondary N) is 2. The van der Waals surface area contributed by atoms with E-state index in [2.05, 4.69) is 15.2 Å². The predicted molar refractivity (Wildman–Crippen MR) is 133 cm³/mol. The normalized spacial score (nSPS) is 17.5. The number of halogens is 1. The Labute approximate surface area is 192 Å². The summed E-state index contributed by atoms with van der Waals surface area (Å²) in [5, 5.41) is 12.0. The lowest BCUT2D eigenvalue weighted by Gasteiger charge is -2.27. The summed E-state index contributed by atoms with van der Waals surface area (Å²) in [6.07, 6.45) is 13.1. The van der Waals surface area contributed by atoms with Crippen molar-refractivity contribution in [2.45, 2.75) is 13.3 Å². The molecule has 0 fully saturated rings. The van der Waals surface area contributed by atoms with Crippen LogP contribution in [0.4, 0.5) is 21.5 Å². The lowest BCUT2D eigenvalue weighted by molar-refractivity contribution is 0.663. The molecule has 164 valence electrons. The van der Waals surface area contributed by atoms with Gasteiger partial charge in [0.25, 0.3) is 0 Å². The van der Waals surface area contributed by atoms with Crippen LogP contribution in [0.1, 0.15) is 12.1 Å². The van der Waals surface area contributed by atoms with Gasteiger partial charge in [-0.2, -0.15) is 0 Å². The number of anilines is 2. The SMILES string of the molecule is Cc1ccc(NCC2=CC3=Nc4ccccc4N(C4=CCC=C(F)C=C4)CC3=CC2=N)cn1. The fraction of sp³-hybridized carbons (Fsp3) is 0.148. The zero-order valence-corrected chi connectivity index (χ0v) is 18.3. The summed E-state index contributed by atoms with van der Waals surface area (Å²) in [5.41, 5.74) is 7.74. The molecule has 0 spiro atoms. The second kappa shape index (κ2) is 8.82. The fourth-order valence-corrected chi connectivity index (χ4v) is 4.02. The van der Waals surface area contributed by atoms with Crippen LogP contribution in [0.15, 0.2) is 107 Å². The van der Waals surface area contributed by atoms with Crippen molar-refractivity contribution in [1.82, 2.24) is 4.98 Å². The Kier molecular flexibility index (Phi) is 5.57. The molecule has 0 amide bonds. The van der Waals surface area contributed by atoms with E-state index in [1.165, 1.54) is 6.08 Å². The maximum atomic E-state index is 13.8. The standard InChI is InChI=1S/C27H24FN5/c1-18-9-11-22(16-30-18)31-15-19-14-26-20(13-24(19)29)17-33(23-6-4-5-21(28)10-12-23)27-8-3-2-7-25(27)32-26/h2-3,5-14,16,29,31H,4,15,17H2,1H3. The van der Waals surface area contributed by atoms with E-state index in [4.69, 9.17) is 10.4 Å². The Morgan fingerprint density at radius 2 is 1.97 bits per heavy atom. The molecule has 0 bridgehead atoms. The van der Waals surface area contributed by atoms with Crippen LogP contribution in [0.25, 0.3) is 0 Å². The Morgan fingerprint density at radius 1 is 1.09 bits per heavy atom. The first-order chi connectivity index (χ1) is 16.1. The minimum atomic E-state index is -0.233. The largest absolute Gasteiger partial charge is 0.380 e. The summed E-state index contributed by atoms with van der Waals surface area (Å²) in [5.74, 6) is -0.233. The van der Waals surface area contributed by atoms with Gasteiger partial charge in [0.15, 0.2) is 0 Å². The van der Waals surface area contributed by atoms with E-state index in [0.29, 0.717) is 25.2 Å². The van der Waals surface area contributed by atoms with Crippen molar-refractivity contribution in [3.8, 4) is 0 Å². The van der Waals surface area contributed by atoms with Gasteiger partial charge in [0.2, 0.25) is 0 Å². The summed E-state index contributed by atoms with van der Waals surface area (Å²) in [7, 11) is 0. The van der Waals surface area contributed by atoms with Gasteiger partial charge < -0.3 is 15.6 Å². The first-order valence-corrected chi connectivity index (χ1v) is 10.9. The number of pyridine rings is 1. The number of rotatable bonds is 4. The number of hydrogen-bond acceptors (Lipinski definition) is 5. The van der Waals surface area contributed by atoms with Crippen molar-refractivity contribution < 1.29 is 4.39 Å². The summed E-state index contributed by atoms with van der Waals surface area (Å²) in [6.45, 7) is 3.01. The molecule has 0 atom stereocenters. The van der Waals surface area contributed by atoms with Crippen LogP contribution >= 0.6 is 0 Å². The number of aromatic nitrogens is 1. The van der Waals surface area contributed by atoms with E-state index in [0.717, 1.165) is 45.3 Å². The molecule has 2 aromatic rings. The van der Waals surface area contributed by atoms with E-state index < -0.39 is 0 Å². The Balaban J connectivity index is 1.45. The predicted octanol–water partition coefficient (Wildman–Crippen LogP) is 5.98. The number of aryl methyl sites for hydroxylation is 1. The summed E-state index contributed by atoms with van der Waals surface area (Å²) >= 11 is 0. The van der Waals surface area contributed by atoms with Crippen molar-refractivity contribution in [2.75, 3.05) is 23.3 Å². The maximum Gasteiger partial charge on any atom is 0.119 e. The number of nitrogens with zero attached hydrogens (tertiary/aromatic N) is 3. The van der Waals surface area contributed by atoms with Gasteiger partial charge in [-0.1, -0.05) is 18.2 Å². The molecule has 2 heterocycles. The Bertz CT molecular complexity index is 1290. The highest BCUT2D eigenvalue weighted by Gasteiger charge is 2.25. The molecular formula is C27H24FN5. The lowest BCUT2D eigenvalue weighted by Crippen LogP contribution is -2.28. The van der Waals surface area contributed by atoms with Crippen LogP contribution < -0.4 is 10.2 Å². The van der Waals surface area contributed by atoms with E-state index in [9.17, 15) is 4.39 Å². The van der Waals surface area contributed by atoms with Crippen molar-refractivity contribution in [3.05, 3.63) is 107 Å². The number of allylic oxidation sites excluding steroid dienone is 7. The van der Waals surface area contributed by atoms with Crippen LogP contribution in [0.5, 0.6) is 0 Å². The van der Waals surface area contributed by atoms with Crippen molar-refractivity contribution >= 4 is 28.5 Å². The molecule has 1 aromatic heterocycles. The zero-order valence-electron chi connectivity index (χ0n) is 18.3. The molecule has 5 rings (SSSR count). The fourth-order valence-electron chi connectivity index (χ4n) is 4.02. The molecule has 3 aliphatic rings. The lowest BCUT2D eigenvalue weighted by atomic mass is 9.95. The number of fused-ring (bicyclic) bond motifs is 2. The van der Waals surface area contributed by atoms with Crippen LogP contribution in [0.2, 0.25) is 0 Å². The molecule has 5 nitrogen and oxygen atoms in total. The molecule has 0 radical (unpaired) electrons. The molecule has 2 aliphatic carbocycles. The Hall–Kier alpha value is -4.06. The molecule has 1 aromatic carbocycles. The molecular weight excluding hydrogens is 413 g/mol. The van der Waals surface area contributed by atoms with Crippen LogP contribution in [0, 0.1) is 12.3 Å². The number of benzene rings is 1. The number of aliphatic imine (C=N–C) groups is 1. The molecule has 1 aliphatic heterocycles. The van der Waals surface area contributed by atoms with E-state index in [1.807, 2.05) is 61.5 Å². The molecule has 2 N–H and O–H groups in total. The molecule has 0 saturated carbocycles. The van der Waals surface area contributed by atoms with E-state index >= 15 is 0 Å². The molecule has 0 unspecified atom stereocenters. The average molecular weight is 438 g/mol. The van der Waals surface area contributed by atoms with Crippen LogP contribution in [-0.4, -0.2) is 29.5 Å². The first-order valence-electron chi connectivity index (χ1n) is 10.9. The summed E-state index contributed by atoms with van der Waals surface area (Å²) in [4.78, 5) is 11.4. The van der Waals surface area contributed by atoms with Crippen LogP contribution in [0.3, 0.4) is 0 Å². The monoisotopic (exact) mass is 437 g/mol. The maximum absolute atomic E-state index is 13.8. The van der Waals surface area contributed by atoms with Crippen molar-refractivity contribution in [3.63, 3.8) is 0 Å². The van der Waals surface area contributed by atoms with Gasteiger partial charge in [0.05, 0.1) is 41.2 Å².